The lowest BCUT2D eigenvalue weighted by atomic mass is 9.79. The van der Waals surface area contributed by atoms with Gasteiger partial charge in [0.1, 0.15) is 22.8 Å². The number of benzene rings is 4. The van der Waals surface area contributed by atoms with Crippen LogP contribution < -0.4 is 4.74 Å². The van der Waals surface area contributed by atoms with Crippen molar-refractivity contribution in [2.24, 2.45) is 0 Å². The molecule has 6 heteroatoms. The summed E-state index contributed by atoms with van der Waals surface area (Å²) in [6.45, 7) is 13.6. The first-order valence-corrected chi connectivity index (χ1v) is 16.1. The highest BCUT2D eigenvalue weighted by atomic mass is 16.5. The van der Waals surface area contributed by atoms with E-state index < -0.39 is 0 Å². The van der Waals surface area contributed by atoms with Crippen LogP contribution in [0.25, 0.3) is 55.4 Å². The summed E-state index contributed by atoms with van der Waals surface area (Å²) in [5, 5.41) is 8.19. The van der Waals surface area contributed by atoms with Crippen molar-refractivity contribution in [2.75, 3.05) is 0 Å². The Bertz CT molecular complexity index is 2440. The molecule has 4 heterocycles. The predicted molar refractivity (Wildman–Crippen MR) is 192 cm³/mol. The maximum absolute atomic E-state index is 6.49. The molecule has 0 aliphatic rings. The maximum atomic E-state index is 6.49. The molecule has 6 nitrogen and oxygen atoms in total. The minimum Gasteiger partial charge on any atom is -0.457 e. The van der Waals surface area contributed by atoms with Crippen LogP contribution in [-0.2, 0) is 10.8 Å². The predicted octanol–water partition coefficient (Wildman–Crippen LogP) is 10.4. The first-order valence-electron chi connectivity index (χ1n) is 16.1. The molecule has 0 amide bonds. The molecule has 8 rings (SSSR count). The largest absolute Gasteiger partial charge is 0.457 e. The second-order valence-corrected chi connectivity index (χ2v) is 14.4. The Morgan fingerprint density at radius 2 is 1.38 bits per heavy atom. The monoisotopic (exact) mass is 615 g/mol. The standard InChI is InChI=1S/C41H37N5O/c1-40(2,3)27-21-26(22-28(23-27)41(4,5)6)35-18-20-45(44-35)29-11-9-12-30(24-29)47-31-16-17-32-33-13-10-19-42-38(33)46-37-15-8-7-14-36(37)43-39(46)34(32)25-31/h7-25H,1-6H3. The smallest absolute Gasteiger partial charge is 0.147 e. The first kappa shape index (κ1) is 28.9. The van der Waals surface area contributed by atoms with Crippen LogP contribution in [-0.4, -0.2) is 24.1 Å². The number of imidazole rings is 1. The maximum Gasteiger partial charge on any atom is 0.147 e. The van der Waals surface area contributed by atoms with E-state index in [9.17, 15) is 0 Å². The molecule has 0 saturated heterocycles. The highest BCUT2D eigenvalue weighted by molar-refractivity contribution is 6.13. The van der Waals surface area contributed by atoms with Crippen molar-refractivity contribution in [2.45, 2.75) is 52.4 Å². The number of ether oxygens (including phenoxy) is 1. The summed E-state index contributed by atoms with van der Waals surface area (Å²) in [5.41, 5.74) is 9.42. The molecule has 0 atom stereocenters. The third kappa shape index (κ3) is 5.10. The molecule has 8 aromatic rings. The fourth-order valence-electron chi connectivity index (χ4n) is 6.30. The lowest BCUT2D eigenvalue weighted by molar-refractivity contribution is 0.483. The number of rotatable bonds is 4. The first-order chi connectivity index (χ1) is 22.5. The van der Waals surface area contributed by atoms with Crippen molar-refractivity contribution in [3.63, 3.8) is 0 Å². The summed E-state index contributed by atoms with van der Waals surface area (Å²) in [6, 6.07) is 35.5. The topological polar surface area (TPSA) is 57.2 Å². The van der Waals surface area contributed by atoms with Gasteiger partial charge in [-0.25, -0.2) is 14.6 Å². The Morgan fingerprint density at radius 1 is 0.617 bits per heavy atom. The minimum atomic E-state index is 0.0356. The minimum absolute atomic E-state index is 0.0356. The number of aromatic nitrogens is 5. The lowest BCUT2D eigenvalue weighted by Gasteiger charge is -2.26. The molecule has 0 N–H and O–H groups in total. The summed E-state index contributed by atoms with van der Waals surface area (Å²) < 4.78 is 10.6. The van der Waals surface area contributed by atoms with Gasteiger partial charge in [-0.15, -0.1) is 0 Å². The molecule has 0 aliphatic carbocycles. The van der Waals surface area contributed by atoms with Crippen LogP contribution in [0.5, 0.6) is 11.5 Å². The number of para-hydroxylation sites is 2. The van der Waals surface area contributed by atoms with Gasteiger partial charge in [-0.3, -0.25) is 4.40 Å². The zero-order valence-electron chi connectivity index (χ0n) is 27.6. The molecule has 0 bridgehead atoms. The lowest BCUT2D eigenvalue weighted by Crippen LogP contribution is -2.16. The van der Waals surface area contributed by atoms with Crippen molar-refractivity contribution in [3.8, 4) is 28.4 Å². The Balaban J connectivity index is 1.16. The van der Waals surface area contributed by atoms with E-state index in [-0.39, 0.29) is 10.8 Å². The summed E-state index contributed by atoms with van der Waals surface area (Å²) in [7, 11) is 0. The van der Waals surface area contributed by atoms with Crippen LogP contribution in [0.4, 0.5) is 0 Å². The Morgan fingerprint density at radius 3 is 2.17 bits per heavy atom. The average Bonchev–Trinajstić information content (AvgIpc) is 3.70. The Kier molecular flexibility index (Phi) is 6.48. The molecule has 0 saturated carbocycles. The van der Waals surface area contributed by atoms with Gasteiger partial charge in [-0.1, -0.05) is 65.8 Å². The number of hydrogen-bond acceptors (Lipinski definition) is 4. The van der Waals surface area contributed by atoms with Crippen molar-refractivity contribution >= 4 is 38.5 Å². The van der Waals surface area contributed by atoms with Crippen LogP contribution >= 0.6 is 0 Å². The van der Waals surface area contributed by atoms with Crippen LogP contribution in [0.2, 0.25) is 0 Å². The molecular formula is C41H37N5O. The molecule has 0 spiro atoms. The molecule has 0 radical (unpaired) electrons. The molecule has 0 fully saturated rings. The van der Waals surface area contributed by atoms with Crippen molar-refractivity contribution in [1.82, 2.24) is 24.1 Å². The molecule has 0 unspecified atom stereocenters. The van der Waals surface area contributed by atoms with Crippen LogP contribution in [0.3, 0.4) is 0 Å². The van der Waals surface area contributed by atoms with Gasteiger partial charge in [0.15, 0.2) is 0 Å². The zero-order chi connectivity index (χ0) is 32.5. The Labute approximate surface area is 274 Å². The number of nitrogens with zero attached hydrogens (tertiary/aromatic N) is 5. The van der Waals surface area contributed by atoms with Gasteiger partial charge >= 0.3 is 0 Å². The van der Waals surface area contributed by atoms with E-state index in [1.54, 1.807) is 0 Å². The molecular weight excluding hydrogens is 578 g/mol. The molecule has 47 heavy (non-hydrogen) atoms. The van der Waals surface area contributed by atoms with E-state index in [4.69, 9.17) is 19.8 Å². The Hall–Kier alpha value is -5.49. The van der Waals surface area contributed by atoms with Gasteiger partial charge in [-0.2, -0.15) is 5.10 Å². The second-order valence-electron chi connectivity index (χ2n) is 14.4. The van der Waals surface area contributed by atoms with Crippen LogP contribution in [0, 0.1) is 0 Å². The highest BCUT2D eigenvalue weighted by Crippen LogP contribution is 2.36. The third-order valence-corrected chi connectivity index (χ3v) is 8.95. The van der Waals surface area contributed by atoms with E-state index >= 15 is 0 Å². The summed E-state index contributed by atoms with van der Waals surface area (Å²) >= 11 is 0. The number of pyridine rings is 2. The van der Waals surface area contributed by atoms with Gasteiger partial charge < -0.3 is 4.74 Å². The summed E-state index contributed by atoms with van der Waals surface area (Å²) in [5.74, 6) is 1.47. The van der Waals surface area contributed by atoms with E-state index in [0.717, 1.165) is 66.9 Å². The average molecular weight is 616 g/mol. The number of fused-ring (bicyclic) bond motifs is 8. The molecule has 4 aromatic carbocycles. The van der Waals surface area contributed by atoms with Crippen molar-refractivity contribution in [3.05, 3.63) is 127 Å². The van der Waals surface area contributed by atoms with Crippen LogP contribution in [0.15, 0.2) is 116 Å². The zero-order valence-corrected chi connectivity index (χ0v) is 27.6. The van der Waals surface area contributed by atoms with E-state index in [2.05, 4.69) is 101 Å². The van der Waals surface area contributed by atoms with E-state index in [1.807, 2.05) is 65.6 Å². The van der Waals surface area contributed by atoms with Gasteiger partial charge in [0.2, 0.25) is 0 Å². The quantitative estimate of drug-likeness (QED) is 0.185. The fourth-order valence-corrected chi connectivity index (χ4v) is 6.30. The SMILES string of the molecule is CC(C)(C)c1cc(-c2ccn(-c3cccc(Oc4ccc5c6cccnc6n6c7ccccc7nc6c5c4)c3)n2)cc(C(C)(C)C)c1. The number of hydrogen-bond donors (Lipinski definition) is 0. The summed E-state index contributed by atoms with van der Waals surface area (Å²) in [4.78, 5) is 9.76. The molecule has 4 aromatic heterocycles. The van der Waals surface area contributed by atoms with Gasteiger partial charge in [0.05, 0.1) is 22.4 Å². The van der Waals surface area contributed by atoms with Crippen LogP contribution in [0.1, 0.15) is 52.7 Å². The fraction of sp³-hybridized carbons (Fsp3) is 0.195. The van der Waals surface area contributed by atoms with Crippen molar-refractivity contribution < 1.29 is 4.74 Å². The normalized spacial score (nSPS) is 12.5. The van der Waals surface area contributed by atoms with Crippen molar-refractivity contribution in [1.29, 1.82) is 0 Å². The highest BCUT2D eigenvalue weighted by Gasteiger charge is 2.22. The second kappa shape index (κ2) is 10.5. The third-order valence-electron chi connectivity index (χ3n) is 8.95. The van der Waals surface area contributed by atoms with Gasteiger partial charge in [-0.05, 0) is 100 Å². The van der Waals surface area contributed by atoms with E-state index in [1.165, 1.54) is 11.1 Å². The van der Waals surface area contributed by atoms with Gasteiger partial charge in [0, 0.05) is 34.8 Å². The summed E-state index contributed by atoms with van der Waals surface area (Å²) in [6.07, 6.45) is 3.85. The van der Waals surface area contributed by atoms with Gasteiger partial charge in [0.25, 0.3) is 0 Å². The molecule has 0 aliphatic heterocycles. The molecule has 232 valence electrons. The van der Waals surface area contributed by atoms with E-state index in [0.29, 0.717) is 0 Å².